The van der Waals surface area contributed by atoms with Crippen molar-refractivity contribution >= 4 is 16.8 Å². The van der Waals surface area contributed by atoms with Gasteiger partial charge in [0.05, 0.1) is 0 Å². The van der Waals surface area contributed by atoms with Gasteiger partial charge in [0.1, 0.15) is 5.75 Å². The Balaban J connectivity index is 1.68. The molecular weight excluding hydrogens is 228 g/mol. The largest absolute Gasteiger partial charge is 0.481 e. The summed E-state index contributed by atoms with van der Waals surface area (Å²) in [7, 11) is 0. The number of benzene rings is 1. The third-order valence-corrected chi connectivity index (χ3v) is 3.13. The fourth-order valence-electron chi connectivity index (χ4n) is 1.91. The lowest BCUT2D eigenvalue weighted by molar-refractivity contribution is -0.127. The van der Waals surface area contributed by atoms with E-state index in [2.05, 4.69) is 10.3 Å². The van der Waals surface area contributed by atoms with Crippen LogP contribution in [0.5, 0.6) is 5.75 Å². The van der Waals surface area contributed by atoms with Crippen LogP contribution in [-0.4, -0.2) is 23.0 Å². The summed E-state index contributed by atoms with van der Waals surface area (Å²) in [5, 5.41) is 4.02. The summed E-state index contributed by atoms with van der Waals surface area (Å²) in [5.74, 6) is 0.687. The number of nitrogens with one attached hydrogen (secondary N) is 2. The molecule has 1 saturated carbocycles. The van der Waals surface area contributed by atoms with Crippen LogP contribution in [0, 0.1) is 0 Å². The third kappa shape index (κ3) is 2.32. The molecule has 18 heavy (non-hydrogen) atoms. The smallest absolute Gasteiger partial charge is 0.260 e. The molecule has 4 nitrogen and oxygen atoms in total. The number of H-pyrrole nitrogens is 1. The lowest BCUT2D eigenvalue weighted by atomic mass is 10.2. The third-order valence-electron chi connectivity index (χ3n) is 3.13. The van der Waals surface area contributed by atoms with Crippen molar-refractivity contribution < 1.29 is 9.53 Å². The molecule has 1 unspecified atom stereocenters. The average Bonchev–Trinajstić information content (AvgIpc) is 3.05. The van der Waals surface area contributed by atoms with E-state index in [0.29, 0.717) is 6.04 Å². The second kappa shape index (κ2) is 4.37. The molecule has 0 radical (unpaired) electrons. The van der Waals surface area contributed by atoms with Gasteiger partial charge in [0.25, 0.3) is 5.91 Å². The number of aromatic amines is 1. The number of ether oxygens (including phenoxy) is 1. The molecule has 94 valence electrons. The molecule has 0 saturated heterocycles. The Morgan fingerprint density at radius 3 is 3.06 bits per heavy atom. The van der Waals surface area contributed by atoms with Crippen LogP contribution in [0.15, 0.2) is 30.5 Å². The van der Waals surface area contributed by atoms with E-state index in [0.717, 1.165) is 29.5 Å². The minimum atomic E-state index is -0.456. The highest BCUT2D eigenvalue weighted by atomic mass is 16.5. The summed E-state index contributed by atoms with van der Waals surface area (Å²) in [6, 6.07) is 8.12. The molecule has 0 spiro atoms. The van der Waals surface area contributed by atoms with Crippen LogP contribution in [0.3, 0.4) is 0 Å². The molecule has 1 heterocycles. The molecule has 1 atom stereocenters. The second-order valence-corrected chi connectivity index (χ2v) is 4.77. The van der Waals surface area contributed by atoms with Crippen molar-refractivity contribution in [3.63, 3.8) is 0 Å². The monoisotopic (exact) mass is 244 g/mol. The van der Waals surface area contributed by atoms with Gasteiger partial charge in [-0.05, 0) is 44.0 Å². The summed E-state index contributed by atoms with van der Waals surface area (Å²) in [6.45, 7) is 1.78. The Morgan fingerprint density at radius 1 is 1.44 bits per heavy atom. The standard InChI is InChI=1S/C14H16N2O2/c1-9(14(17)16-11-2-3-11)18-12-4-5-13-10(8-12)6-7-15-13/h4-9,11,15H,2-3H2,1H3,(H,16,17). The Labute approximate surface area is 105 Å². The van der Waals surface area contributed by atoms with Crippen molar-refractivity contribution in [3.8, 4) is 5.75 Å². The van der Waals surface area contributed by atoms with Gasteiger partial charge in [0.15, 0.2) is 6.10 Å². The number of carbonyl (C=O) groups is 1. The number of rotatable bonds is 4. The highest BCUT2D eigenvalue weighted by Gasteiger charge is 2.26. The van der Waals surface area contributed by atoms with E-state index in [1.165, 1.54) is 0 Å². The molecule has 1 fully saturated rings. The van der Waals surface area contributed by atoms with Crippen molar-refractivity contribution in [1.29, 1.82) is 0 Å². The quantitative estimate of drug-likeness (QED) is 0.866. The topological polar surface area (TPSA) is 54.1 Å². The van der Waals surface area contributed by atoms with Crippen molar-refractivity contribution in [3.05, 3.63) is 30.5 Å². The fraction of sp³-hybridized carbons (Fsp3) is 0.357. The van der Waals surface area contributed by atoms with Crippen LogP contribution < -0.4 is 10.1 Å². The molecule has 0 bridgehead atoms. The lowest BCUT2D eigenvalue weighted by Gasteiger charge is -2.14. The maximum atomic E-state index is 11.8. The Kier molecular flexibility index (Phi) is 2.70. The van der Waals surface area contributed by atoms with Gasteiger partial charge in [0.2, 0.25) is 0 Å². The van der Waals surface area contributed by atoms with Crippen LogP contribution in [-0.2, 0) is 4.79 Å². The maximum Gasteiger partial charge on any atom is 0.260 e. The number of hydrogen-bond acceptors (Lipinski definition) is 2. The number of amides is 1. The molecule has 0 aliphatic heterocycles. The normalized spacial score (nSPS) is 16.5. The van der Waals surface area contributed by atoms with Gasteiger partial charge in [-0.25, -0.2) is 0 Å². The van der Waals surface area contributed by atoms with E-state index in [9.17, 15) is 4.79 Å². The van der Waals surface area contributed by atoms with E-state index < -0.39 is 6.10 Å². The minimum absolute atomic E-state index is 0.0355. The van der Waals surface area contributed by atoms with Gasteiger partial charge in [-0.3, -0.25) is 4.79 Å². The zero-order valence-corrected chi connectivity index (χ0v) is 10.3. The van der Waals surface area contributed by atoms with E-state index in [4.69, 9.17) is 4.74 Å². The van der Waals surface area contributed by atoms with Gasteiger partial charge in [-0.1, -0.05) is 0 Å². The number of hydrogen-bond donors (Lipinski definition) is 2. The zero-order valence-electron chi connectivity index (χ0n) is 10.3. The van der Waals surface area contributed by atoms with Crippen LogP contribution in [0.2, 0.25) is 0 Å². The Hall–Kier alpha value is -1.97. The van der Waals surface area contributed by atoms with Crippen LogP contribution in [0.1, 0.15) is 19.8 Å². The molecule has 2 N–H and O–H groups in total. The van der Waals surface area contributed by atoms with E-state index >= 15 is 0 Å². The summed E-state index contributed by atoms with van der Waals surface area (Å²) >= 11 is 0. The fourth-order valence-corrected chi connectivity index (χ4v) is 1.91. The summed E-state index contributed by atoms with van der Waals surface area (Å²) in [4.78, 5) is 14.9. The van der Waals surface area contributed by atoms with Gasteiger partial charge in [0, 0.05) is 23.1 Å². The number of carbonyl (C=O) groups excluding carboxylic acids is 1. The first-order chi connectivity index (χ1) is 8.72. The molecule has 1 amide bonds. The molecule has 1 aliphatic carbocycles. The summed E-state index contributed by atoms with van der Waals surface area (Å²) in [5.41, 5.74) is 1.07. The Bertz CT molecular complexity index is 572. The highest BCUT2D eigenvalue weighted by Crippen LogP contribution is 2.22. The predicted molar refractivity (Wildman–Crippen MR) is 69.6 cm³/mol. The van der Waals surface area contributed by atoms with E-state index in [1.54, 1.807) is 6.92 Å². The number of aromatic nitrogens is 1. The van der Waals surface area contributed by atoms with Crippen molar-refractivity contribution in [2.75, 3.05) is 0 Å². The van der Waals surface area contributed by atoms with Crippen LogP contribution in [0.4, 0.5) is 0 Å². The molecule has 1 aromatic heterocycles. The lowest BCUT2D eigenvalue weighted by Crippen LogP contribution is -2.37. The summed E-state index contributed by atoms with van der Waals surface area (Å²) < 4.78 is 5.66. The van der Waals surface area contributed by atoms with Crippen molar-refractivity contribution in [1.82, 2.24) is 10.3 Å². The van der Waals surface area contributed by atoms with Crippen LogP contribution in [0.25, 0.3) is 10.9 Å². The van der Waals surface area contributed by atoms with Crippen LogP contribution >= 0.6 is 0 Å². The number of fused-ring (bicyclic) bond motifs is 1. The van der Waals surface area contributed by atoms with E-state index in [1.807, 2.05) is 30.5 Å². The molecule has 1 aliphatic rings. The molecule has 1 aromatic carbocycles. The molecular formula is C14H16N2O2. The Morgan fingerprint density at radius 2 is 2.28 bits per heavy atom. The van der Waals surface area contributed by atoms with Gasteiger partial charge < -0.3 is 15.0 Å². The second-order valence-electron chi connectivity index (χ2n) is 4.77. The maximum absolute atomic E-state index is 11.8. The first-order valence-corrected chi connectivity index (χ1v) is 6.26. The SMILES string of the molecule is CC(Oc1ccc2[nH]ccc2c1)C(=O)NC1CC1. The predicted octanol–water partition coefficient (Wildman–Crippen LogP) is 2.21. The van der Waals surface area contributed by atoms with Gasteiger partial charge in [-0.2, -0.15) is 0 Å². The highest BCUT2D eigenvalue weighted by molar-refractivity contribution is 5.82. The minimum Gasteiger partial charge on any atom is -0.481 e. The summed E-state index contributed by atoms with van der Waals surface area (Å²) in [6.07, 6.45) is 3.61. The molecule has 4 heteroatoms. The van der Waals surface area contributed by atoms with Crippen molar-refractivity contribution in [2.45, 2.75) is 31.9 Å². The first-order valence-electron chi connectivity index (χ1n) is 6.26. The van der Waals surface area contributed by atoms with Gasteiger partial charge >= 0.3 is 0 Å². The van der Waals surface area contributed by atoms with Crippen molar-refractivity contribution in [2.24, 2.45) is 0 Å². The zero-order chi connectivity index (χ0) is 12.5. The molecule has 3 rings (SSSR count). The molecule has 2 aromatic rings. The first kappa shape index (κ1) is 11.1. The van der Waals surface area contributed by atoms with Gasteiger partial charge in [-0.15, -0.1) is 0 Å². The average molecular weight is 244 g/mol. The van der Waals surface area contributed by atoms with E-state index in [-0.39, 0.29) is 5.91 Å².